The fourth-order valence-corrected chi connectivity index (χ4v) is 6.59. The molecule has 0 unspecified atom stereocenters. The number of carbonyl (C=O) groups excluding carboxylic acids is 2. The van der Waals surface area contributed by atoms with Gasteiger partial charge < -0.3 is 19.6 Å². The van der Waals surface area contributed by atoms with Gasteiger partial charge in [-0.05, 0) is 35.1 Å². The number of carbonyl (C=O) groups is 2. The molecule has 0 radical (unpaired) electrons. The summed E-state index contributed by atoms with van der Waals surface area (Å²) < 4.78 is 6.96. The molecule has 3 aromatic rings. The maximum absolute atomic E-state index is 13.6. The van der Waals surface area contributed by atoms with Crippen LogP contribution in [0, 0.1) is 12.8 Å². The van der Waals surface area contributed by atoms with E-state index in [0.29, 0.717) is 30.1 Å². The summed E-state index contributed by atoms with van der Waals surface area (Å²) in [5, 5.41) is 16.8. The van der Waals surface area contributed by atoms with Crippen LogP contribution < -0.4 is 5.32 Å². The van der Waals surface area contributed by atoms with Crippen molar-refractivity contribution in [2.45, 2.75) is 31.5 Å². The van der Waals surface area contributed by atoms with Crippen LogP contribution >= 0.6 is 11.3 Å². The molecule has 3 aliphatic heterocycles. The van der Waals surface area contributed by atoms with Crippen molar-refractivity contribution in [3.63, 3.8) is 0 Å². The quantitative estimate of drug-likeness (QED) is 0.360. The van der Waals surface area contributed by atoms with Gasteiger partial charge in [0.15, 0.2) is 6.10 Å². The van der Waals surface area contributed by atoms with E-state index >= 15 is 0 Å². The van der Waals surface area contributed by atoms with Gasteiger partial charge in [-0.3, -0.25) is 4.79 Å². The molecule has 0 saturated carbocycles. The van der Waals surface area contributed by atoms with Gasteiger partial charge in [0.05, 0.1) is 31.1 Å². The van der Waals surface area contributed by atoms with E-state index in [1.807, 2.05) is 54.8 Å². The van der Waals surface area contributed by atoms with E-state index in [9.17, 15) is 14.7 Å². The zero-order valence-corrected chi connectivity index (χ0v) is 21.4. The summed E-state index contributed by atoms with van der Waals surface area (Å²) in [4.78, 5) is 27.0. The van der Waals surface area contributed by atoms with Crippen LogP contribution in [0.25, 0.3) is 0 Å². The van der Waals surface area contributed by atoms with Crippen molar-refractivity contribution in [3.8, 4) is 0 Å². The minimum Gasteiger partial charge on any atom is -0.453 e. The van der Waals surface area contributed by atoms with Crippen molar-refractivity contribution in [1.82, 2.24) is 5.32 Å². The molecule has 36 heavy (non-hydrogen) atoms. The predicted molar refractivity (Wildman–Crippen MR) is 140 cm³/mol. The van der Waals surface area contributed by atoms with Crippen LogP contribution in [0.4, 0.5) is 0 Å². The first kappa shape index (κ1) is 24.7. The highest BCUT2D eigenvalue weighted by Crippen LogP contribution is 2.38. The Morgan fingerprint density at radius 2 is 1.64 bits per heavy atom. The van der Waals surface area contributed by atoms with Crippen LogP contribution in [0.3, 0.4) is 0 Å². The first-order chi connectivity index (χ1) is 17.4. The number of benzene rings is 2. The Balaban J connectivity index is 1.28. The lowest BCUT2D eigenvalue weighted by molar-refractivity contribution is -0.945. The second-order valence-electron chi connectivity index (χ2n) is 10.1. The molecule has 188 valence electrons. The first-order valence-electron chi connectivity index (χ1n) is 12.6. The third-order valence-corrected chi connectivity index (χ3v) is 8.93. The van der Waals surface area contributed by atoms with Gasteiger partial charge in [-0.1, -0.05) is 60.7 Å². The van der Waals surface area contributed by atoms with Crippen molar-refractivity contribution in [3.05, 3.63) is 93.7 Å². The predicted octanol–water partition coefficient (Wildman–Crippen LogP) is 3.87. The monoisotopic (exact) mass is 505 g/mol. The number of nitrogens with zero attached hydrogens (tertiary/aromatic N) is 1. The van der Waals surface area contributed by atoms with Gasteiger partial charge in [0.1, 0.15) is 6.54 Å². The van der Waals surface area contributed by atoms with Crippen LogP contribution in [0.5, 0.6) is 0 Å². The molecule has 0 spiro atoms. The number of aliphatic hydroxyl groups is 1. The maximum atomic E-state index is 13.6. The number of esters is 1. The summed E-state index contributed by atoms with van der Waals surface area (Å²) in [6, 6.07) is 20.0. The number of ether oxygens (including phenoxy) is 1. The summed E-state index contributed by atoms with van der Waals surface area (Å²) in [6.07, 6.45) is 1.70. The van der Waals surface area contributed by atoms with Crippen LogP contribution in [-0.2, 0) is 15.1 Å². The Bertz CT molecular complexity index is 1160. The summed E-state index contributed by atoms with van der Waals surface area (Å²) in [7, 11) is 0. The van der Waals surface area contributed by atoms with Crippen molar-refractivity contribution in [2.75, 3.05) is 32.7 Å². The van der Waals surface area contributed by atoms with Crippen LogP contribution in [0.2, 0.25) is 0 Å². The topological polar surface area (TPSA) is 75.6 Å². The minimum atomic E-state index is -1.87. The minimum absolute atomic E-state index is 0.0219. The molecule has 3 aliphatic rings. The molecule has 3 saturated heterocycles. The van der Waals surface area contributed by atoms with E-state index in [1.54, 1.807) is 24.3 Å². The molecule has 6 rings (SSSR count). The molecule has 2 bridgehead atoms. The zero-order chi connectivity index (χ0) is 25.2. The Morgan fingerprint density at radius 1 is 1.03 bits per heavy atom. The van der Waals surface area contributed by atoms with E-state index in [-0.39, 0.29) is 12.0 Å². The molecule has 1 aromatic heterocycles. The molecule has 2 N–H and O–H groups in total. The van der Waals surface area contributed by atoms with E-state index in [2.05, 4.69) is 5.32 Å². The number of fused-ring (bicyclic) bond motifs is 3. The summed E-state index contributed by atoms with van der Waals surface area (Å²) in [6.45, 7) is 6.10. The molecule has 4 heterocycles. The summed E-state index contributed by atoms with van der Waals surface area (Å²) >= 11 is 1.46. The third kappa shape index (κ3) is 4.71. The molecule has 1 amide bonds. The number of aryl methyl sites for hydroxylation is 1. The number of hydrogen-bond acceptors (Lipinski definition) is 5. The molecule has 0 aliphatic carbocycles. The van der Waals surface area contributed by atoms with Gasteiger partial charge in [0, 0.05) is 18.8 Å². The normalized spacial score (nSPS) is 23.3. The fourth-order valence-electron chi connectivity index (χ4n) is 5.75. The van der Waals surface area contributed by atoms with Gasteiger partial charge >= 0.3 is 5.97 Å². The third-order valence-electron chi connectivity index (χ3n) is 7.92. The number of piperidine rings is 3. The lowest BCUT2D eigenvalue weighted by Crippen LogP contribution is -2.66. The lowest BCUT2D eigenvalue weighted by Gasteiger charge is -2.52. The Hall–Kier alpha value is -3.00. The Kier molecular flexibility index (Phi) is 6.97. The highest BCUT2D eigenvalue weighted by atomic mass is 32.1. The summed E-state index contributed by atoms with van der Waals surface area (Å²) in [5.41, 5.74) is 0.127. The number of hydrogen-bond donors (Lipinski definition) is 2. The van der Waals surface area contributed by atoms with Crippen LogP contribution in [0.1, 0.15) is 39.2 Å². The van der Waals surface area contributed by atoms with E-state index in [4.69, 9.17) is 4.74 Å². The molecule has 1 atom stereocenters. The number of rotatable bonds is 8. The Morgan fingerprint density at radius 3 is 2.19 bits per heavy atom. The van der Waals surface area contributed by atoms with Gasteiger partial charge in [-0.15, -0.1) is 11.3 Å². The molecular weight excluding hydrogens is 472 g/mol. The number of amides is 1. The van der Waals surface area contributed by atoms with E-state index < -0.39 is 11.6 Å². The highest BCUT2D eigenvalue weighted by molar-refractivity contribution is 7.12. The second-order valence-corrected chi connectivity index (χ2v) is 11.0. The number of quaternary nitrogens is 1. The molecule has 2 aromatic carbocycles. The standard InChI is InChI=1S/C29H32N2O4S/c1-21-14-19-36-26(21)27(32)30-15-18-31-16-12-22(13-17-31)25(20-31)35-28(33)29(34,23-8-4-2-5-9-23)24-10-6-3-7-11-24/h2-11,14,19,22,25,34H,12-13,15-18,20H2,1H3/p+1/t22?,25-,31?/m0/s1. The average molecular weight is 506 g/mol. The molecule has 3 fully saturated rings. The first-order valence-corrected chi connectivity index (χ1v) is 13.5. The second kappa shape index (κ2) is 10.2. The zero-order valence-electron chi connectivity index (χ0n) is 20.6. The average Bonchev–Trinajstić information content (AvgIpc) is 3.35. The lowest BCUT2D eigenvalue weighted by atomic mass is 9.82. The highest BCUT2D eigenvalue weighted by Gasteiger charge is 2.50. The largest absolute Gasteiger partial charge is 0.453 e. The van der Waals surface area contributed by atoms with Gasteiger partial charge in [-0.2, -0.15) is 0 Å². The van der Waals surface area contributed by atoms with Crippen molar-refractivity contribution in [1.29, 1.82) is 0 Å². The van der Waals surface area contributed by atoms with Crippen molar-refractivity contribution >= 4 is 23.2 Å². The summed E-state index contributed by atoms with van der Waals surface area (Å²) in [5.74, 6) is -0.349. The van der Waals surface area contributed by atoms with Gasteiger partial charge in [0.2, 0.25) is 5.60 Å². The number of nitrogens with one attached hydrogen (secondary N) is 1. The van der Waals surface area contributed by atoms with Crippen LogP contribution in [-0.4, -0.2) is 60.3 Å². The molecular formula is C29H33N2O4S+. The molecule has 6 nitrogen and oxygen atoms in total. The van der Waals surface area contributed by atoms with E-state index in [1.165, 1.54) is 11.3 Å². The van der Waals surface area contributed by atoms with Gasteiger partial charge in [0.25, 0.3) is 5.91 Å². The SMILES string of the molecule is Cc1ccsc1C(=O)NCC[N+]12CCC(CC1)[C@@H](OC(=O)C(O)(c1ccccc1)c1ccccc1)C2. The fraction of sp³-hybridized carbons (Fsp3) is 0.379. The van der Waals surface area contributed by atoms with Gasteiger partial charge in [-0.25, -0.2) is 4.79 Å². The molecule has 7 heteroatoms. The number of thiophene rings is 1. The van der Waals surface area contributed by atoms with Crippen LogP contribution in [0.15, 0.2) is 72.1 Å². The maximum Gasteiger partial charge on any atom is 0.348 e. The Labute approximate surface area is 216 Å². The smallest absolute Gasteiger partial charge is 0.348 e. The van der Waals surface area contributed by atoms with E-state index in [0.717, 1.165) is 47.4 Å². The van der Waals surface area contributed by atoms with Crippen molar-refractivity contribution in [2.24, 2.45) is 5.92 Å². The van der Waals surface area contributed by atoms with Crippen molar-refractivity contribution < 1.29 is 23.9 Å².